The fourth-order valence-corrected chi connectivity index (χ4v) is 4.80. The van der Waals surface area contributed by atoms with Gasteiger partial charge in [0.2, 0.25) is 11.8 Å². The Morgan fingerprint density at radius 3 is 2.50 bits per heavy atom. The van der Waals surface area contributed by atoms with E-state index in [1.807, 2.05) is 23.6 Å². The predicted molar refractivity (Wildman–Crippen MR) is 80.6 cm³/mol. The van der Waals surface area contributed by atoms with Crippen molar-refractivity contribution in [2.24, 2.45) is 5.92 Å². The van der Waals surface area contributed by atoms with Crippen LogP contribution in [0.2, 0.25) is 0 Å². The highest BCUT2D eigenvalue weighted by molar-refractivity contribution is 8.00. The summed E-state index contributed by atoms with van der Waals surface area (Å²) in [5.41, 5.74) is -0.645. The van der Waals surface area contributed by atoms with Crippen molar-refractivity contribution in [3.63, 3.8) is 0 Å². The zero-order valence-corrected chi connectivity index (χ0v) is 13.2. The van der Waals surface area contributed by atoms with Crippen LogP contribution in [-0.4, -0.2) is 46.3 Å². The minimum Gasteiger partial charge on any atom is -0.340 e. The molecule has 20 heavy (non-hydrogen) atoms. The van der Waals surface area contributed by atoms with E-state index < -0.39 is 5.54 Å². The van der Waals surface area contributed by atoms with Gasteiger partial charge in [-0.1, -0.05) is 12.8 Å². The van der Waals surface area contributed by atoms with Crippen molar-refractivity contribution in [1.29, 1.82) is 0 Å². The molecule has 3 rings (SSSR count). The Kier molecular flexibility index (Phi) is 3.51. The van der Waals surface area contributed by atoms with Gasteiger partial charge in [-0.05, 0) is 44.8 Å². The third-order valence-corrected chi connectivity index (χ3v) is 6.69. The van der Waals surface area contributed by atoms with Crippen LogP contribution in [0.25, 0.3) is 0 Å². The van der Waals surface area contributed by atoms with E-state index in [0.717, 1.165) is 19.4 Å². The lowest BCUT2D eigenvalue weighted by atomic mass is 9.90. The molecule has 2 amide bonds. The summed E-state index contributed by atoms with van der Waals surface area (Å²) in [5.74, 6) is 0.490. The first-order chi connectivity index (χ1) is 9.49. The van der Waals surface area contributed by atoms with E-state index in [1.54, 1.807) is 0 Å². The molecule has 112 valence electrons. The molecule has 1 N–H and O–H groups in total. The Labute approximate surface area is 125 Å². The molecule has 0 bridgehead atoms. The number of carbonyl (C=O) groups excluding carboxylic acids is 2. The van der Waals surface area contributed by atoms with Crippen LogP contribution in [0.1, 0.15) is 45.4 Å². The summed E-state index contributed by atoms with van der Waals surface area (Å²) in [6.07, 6.45) is 9.08. The molecule has 1 saturated heterocycles. The zero-order chi connectivity index (χ0) is 14.4. The first-order valence-electron chi connectivity index (χ1n) is 7.65. The molecule has 3 fully saturated rings. The van der Waals surface area contributed by atoms with Crippen molar-refractivity contribution >= 4 is 23.6 Å². The second-order valence-electron chi connectivity index (χ2n) is 6.78. The SMILES string of the molecule is CSC1(CN2CC(=O)NC(C)(C3CC3)C2=O)CCCC1. The maximum absolute atomic E-state index is 12.8. The van der Waals surface area contributed by atoms with Crippen molar-refractivity contribution in [2.45, 2.75) is 55.7 Å². The van der Waals surface area contributed by atoms with Crippen molar-refractivity contribution in [3.8, 4) is 0 Å². The molecule has 4 nitrogen and oxygen atoms in total. The normalized spacial score (nSPS) is 33.4. The Morgan fingerprint density at radius 2 is 1.95 bits per heavy atom. The number of nitrogens with zero attached hydrogens (tertiary/aromatic N) is 1. The second kappa shape index (κ2) is 4.93. The van der Waals surface area contributed by atoms with Gasteiger partial charge in [-0.2, -0.15) is 11.8 Å². The zero-order valence-electron chi connectivity index (χ0n) is 12.4. The highest BCUT2D eigenvalue weighted by Gasteiger charge is 2.53. The molecule has 0 aromatic rings. The minimum absolute atomic E-state index is 0.00764. The maximum atomic E-state index is 12.8. The molecule has 0 spiro atoms. The summed E-state index contributed by atoms with van der Waals surface area (Å²) < 4.78 is 0.178. The molecule has 5 heteroatoms. The van der Waals surface area contributed by atoms with Gasteiger partial charge < -0.3 is 10.2 Å². The Morgan fingerprint density at radius 1 is 1.30 bits per heavy atom. The van der Waals surface area contributed by atoms with Gasteiger partial charge in [-0.25, -0.2) is 0 Å². The molecule has 0 aromatic heterocycles. The number of amides is 2. The Hall–Kier alpha value is -0.710. The summed E-state index contributed by atoms with van der Waals surface area (Å²) >= 11 is 1.88. The van der Waals surface area contributed by atoms with Gasteiger partial charge in [0.15, 0.2) is 0 Å². The van der Waals surface area contributed by atoms with Gasteiger partial charge in [0, 0.05) is 11.3 Å². The third kappa shape index (κ3) is 2.34. The molecular weight excluding hydrogens is 272 g/mol. The van der Waals surface area contributed by atoms with Gasteiger partial charge in [0.25, 0.3) is 0 Å². The fraction of sp³-hybridized carbons (Fsp3) is 0.867. The highest BCUT2D eigenvalue weighted by atomic mass is 32.2. The molecule has 2 saturated carbocycles. The van der Waals surface area contributed by atoms with Crippen molar-refractivity contribution in [2.75, 3.05) is 19.3 Å². The second-order valence-corrected chi connectivity index (χ2v) is 8.05. The van der Waals surface area contributed by atoms with E-state index in [9.17, 15) is 9.59 Å². The van der Waals surface area contributed by atoms with Crippen LogP contribution in [0.3, 0.4) is 0 Å². The summed E-state index contributed by atoms with van der Waals surface area (Å²) in [6.45, 7) is 2.89. The lowest BCUT2D eigenvalue weighted by Gasteiger charge is -2.43. The molecule has 1 heterocycles. The van der Waals surface area contributed by atoms with Gasteiger partial charge in [0.1, 0.15) is 5.54 Å². The topological polar surface area (TPSA) is 49.4 Å². The van der Waals surface area contributed by atoms with Crippen LogP contribution in [0.4, 0.5) is 0 Å². The van der Waals surface area contributed by atoms with Crippen LogP contribution in [0.15, 0.2) is 0 Å². The van der Waals surface area contributed by atoms with Crippen LogP contribution < -0.4 is 5.32 Å². The van der Waals surface area contributed by atoms with Gasteiger partial charge >= 0.3 is 0 Å². The van der Waals surface area contributed by atoms with Crippen LogP contribution in [0, 0.1) is 5.92 Å². The Balaban J connectivity index is 1.78. The predicted octanol–water partition coefficient (Wildman–Crippen LogP) is 1.79. The first kappa shape index (κ1) is 14.2. The van der Waals surface area contributed by atoms with Gasteiger partial charge in [0.05, 0.1) is 6.54 Å². The number of piperazine rings is 1. The largest absolute Gasteiger partial charge is 0.340 e. The monoisotopic (exact) mass is 296 g/mol. The number of nitrogens with one attached hydrogen (secondary N) is 1. The fourth-order valence-electron chi connectivity index (χ4n) is 3.82. The molecule has 1 atom stereocenters. The lowest BCUT2D eigenvalue weighted by Crippen LogP contribution is -2.67. The average molecular weight is 296 g/mol. The number of thioether (sulfide) groups is 1. The molecule has 0 aromatic carbocycles. The molecule has 2 aliphatic carbocycles. The van der Waals surface area contributed by atoms with E-state index in [4.69, 9.17) is 0 Å². The van der Waals surface area contributed by atoms with Crippen LogP contribution in [0.5, 0.6) is 0 Å². The number of hydrogen-bond acceptors (Lipinski definition) is 3. The van der Waals surface area contributed by atoms with E-state index in [0.29, 0.717) is 5.92 Å². The molecule has 0 radical (unpaired) electrons. The maximum Gasteiger partial charge on any atom is 0.248 e. The number of carbonyl (C=O) groups is 2. The lowest BCUT2D eigenvalue weighted by molar-refractivity contribution is -0.150. The third-order valence-electron chi connectivity index (χ3n) is 5.29. The van der Waals surface area contributed by atoms with E-state index in [1.165, 1.54) is 25.7 Å². The summed E-state index contributed by atoms with van der Waals surface area (Å²) in [5, 5.41) is 2.95. The summed E-state index contributed by atoms with van der Waals surface area (Å²) in [4.78, 5) is 26.7. The number of hydrogen-bond donors (Lipinski definition) is 1. The molecule has 1 aliphatic heterocycles. The highest BCUT2D eigenvalue weighted by Crippen LogP contribution is 2.44. The summed E-state index contributed by atoms with van der Waals surface area (Å²) in [6, 6.07) is 0. The van der Waals surface area contributed by atoms with E-state index >= 15 is 0 Å². The van der Waals surface area contributed by atoms with Crippen LogP contribution >= 0.6 is 11.8 Å². The van der Waals surface area contributed by atoms with Crippen molar-refractivity contribution in [3.05, 3.63) is 0 Å². The Bertz CT molecular complexity index is 430. The van der Waals surface area contributed by atoms with Crippen molar-refractivity contribution in [1.82, 2.24) is 10.2 Å². The van der Waals surface area contributed by atoms with E-state index in [-0.39, 0.29) is 23.1 Å². The van der Waals surface area contributed by atoms with E-state index in [2.05, 4.69) is 11.6 Å². The smallest absolute Gasteiger partial charge is 0.248 e. The molecular formula is C15H24N2O2S. The quantitative estimate of drug-likeness (QED) is 0.860. The van der Waals surface area contributed by atoms with Crippen LogP contribution in [-0.2, 0) is 9.59 Å². The minimum atomic E-state index is -0.645. The number of rotatable bonds is 4. The van der Waals surface area contributed by atoms with Crippen molar-refractivity contribution < 1.29 is 9.59 Å². The summed E-state index contributed by atoms with van der Waals surface area (Å²) in [7, 11) is 0. The molecule has 1 unspecified atom stereocenters. The average Bonchev–Trinajstić information content (AvgIpc) is 3.17. The molecule has 3 aliphatic rings. The first-order valence-corrected chi connectivity index (χ1v) is 8.87. The standard InChI is InChI=1S/C15H24N2O2S/c1-14(11-5-6-11)13(19)17(9-12(18)16-14)10-15(20-2)7-3-4-8-15/h11H,3-10H2,1-2H3,(H,16,18). The van der Waals surface area contributed by atoms with Gasteiger partial charge in [-0.3, -0.25) is 9.59 Å². The van der Waals surface area contributed by atoms with Gasteiger partial charge in [-0.15, -0.1) is 0 Å².